The topological polar surface area (TPSA) is 0 Å². The lowest BCUT2D eigenvalue weighted by Crippen LogP contribution is -2.09. The Morgan fingerprint density at radius 3 is 2.33 bits per heavy atom. The van der Waals surface area contributed by atoms with Crippen LogP contribution in [0, 0.1) is 0 Å². The standard InChI is InChI=1S/C6H7F3/c1-2-3-4-5(7)6(8)9/h3,5-6H,1,4H2. The highest BCUT2D eigenvalue weighted by molar-refractivity contribution is 4.79. The van der Waals surface area contributed by atoms with Gasteiger partial charge in [-0.25, -0.2) is 13.2 Å². The molecule has 0 aromatic carbocycles. The Kier molecular flexibility index (Phi) is 3.89. The summed E-state index contributed by atoms with van der Waals surface area (Å²) in [6, 6.07) is 0. The fraction of sp³-hybridized carbons (Fsp3) is 0.500. The fourth-order valence-electron chi connectivity index (χ4n) is 0.299. The predicted octanol–water partition coefficient (Wildman–Crippen LogP) is 2.32. The van der Waals surface area contributed by atoms with Crippen molar-refractivity contribution in [2.24, 2.45) is 0 Å². The number of allylic oxidation sites excluding steroid dienone is 1. The van der Waals surface area contributed by atoms with Gasteiger partial charge in [-0.15, -0.1) is 5.73 Å². The molecule has 0 radical (unpaired) electrons. The van der Waals surface area contributed by atoms with Gasteiger partial charge in [-0.1, -0.05) is 6.58 Å². The van der Waals surface area contributed by atoms with Crippen LogP contribution in [0.4, 0.5) is 13.2 Å². The van der Waals surface area contributed by atoms with E-state index in [1.807, 2.05) is 0 Å². The zero-order chi connectivity index (χ0) is 7.28. The second-order valence-electron chi connectivity index (χ2n) is 1.49. The quantitative estimate of drug-likeness (QED) is 0.522. The summed E-state index contributed by atoms with van der Waals surface area (Å²) in [6.45, 7) is 3.10. The van der Waals surface area contributed by atoms with Gasteiger partial charge in [-0.2, -0.15) is 0 Å². The van der Waals surface area contributed by atoms with Crippen LogP contribution in [0.15, 0.2) is 18.4 Å². The molecule has 52 valence electrons. The van der Waals surface area contributed by atoms with Crippen LogP contribution in [0.2, 0.25) is 0 Å². The van der Waals surface area contributed by atoms with E-state index in [-0.39, 0.29) is 6.42 Å². The van der Waals surface area contributed by atoms with E-state index in [4.69, 9.17) is 0 Å². The van der Waals surface area contributed by atoms with E-state index in [2.05, 4.69) is 12.3 Å². The van der Waals surface area contributed by atoms with Gasteiger partial charge in [0.25, 0.3) is 6.43 Å². The number of alkyl halides is 3. The Hall–Kier alpha value is -0.690. The van der Waals surface area contributed by atoms with Gasteiger partial charge in [0.2, 0.25) is 0 Å². The summed E-state index contributed by atoms with van der Waals surface area (Å²) < 4.78 is 34.5. The first-order chi connectivity index (χ1) is 4.18. The Labute approximate surface area is 51.7 Å². The Balaban J connectivity index is 3.49. The molecule has 0 saturated carbocycles. The zero-order valence-corrected chi connectivity index (χ0v) is 4.78. The lowest BCUT2D eigenvalue weighted by molar-refractivity contribution is 0.0518. The molecule has 0 fully saturated rings. The van der Waals surface area contributed by atoms with Crippen molar-refractivity contribution in [2.75, 3.05) is 0 Å². The molecule has 3 heteroatoms. The number of rotatable bonds is 3. The smallest absolute Gasteiger partial charge is 0.241 e. The molecule has 0 aliphatic carbocycles. The third-order valence-electron chi connectivity index (χ3n) is 0.761. The summed E-state index contributed by atoms with van der Waals surface area (Å²) in [6.07, 6.45) is -4.12. The van der Waals surface area contributed by atoms with Crippen molar-refractivity contribution in [2.45, 2.75) is 19.0 Å². The van der Waals surface area contributed by atoms with Crippen LogP contribution in [-0.4, -0.2) is 12.6 Å². The fourth-order valence-corrected chi connectivity index (χ4v) is 0.299. The monoisotopic (exact) mass is 136 g/mol. The van der Waals surface area contributed by atoms with Crippen molar-refractivity contribution >= 4 is 0 Å². The Morgan fingerprint density at radius 2 is 2.00 bits per heavy atom. The second kappa shape index (κ2) is 4.21. The molecule has 0 aromatic rings. The normalized spacial score (nSPS) is 12.9. The molecule has 0 rings (SSSR count). The minimum Gasteiger partial charge on any atom is -0.241 e. The van der Waals surface area contributed by atoms with Crippen molar-refractivity contribution in [1.82, 2.24) is 0 Å². The van der Waals surface area contributed by atoms with Gasteiger partial charge < -0.3 is 0 Å². The molecule has 9 heavy (non-hydrogen) atoms. The van der Waals surface area contributed by atoms with Gasteiger partial charge in [-0.3, -0.25) is 0 Å². The molecule has 0 bridgehead atoms. The average Bonchev–Trinajstić information content (AvgIpc) is 1.82. The molecular weight excluding hydrogens is 129 g/mol. The van der Waals surface area contributed by atoms with Gasteiger partial charge in [0.05, 0.1) is 0 Å². The SMILES string of the molecule is C=C=CCC(F)C(F)F. The molecule has 0 nitrogen and oxygen atoms in total. The molecular formula is C6H7F3. The van der Waals surface area contributed by atoms with E-state index >= 15 is 0 Å². The van der Waals surface area contributed by atoms with Crippen LogP contribution >= 0.6 is 0 Å². The van der Waals surface area contributed by atoms with Crippen molar-refractivity contribution in [3.8, 4) is 0 Å². The number of hydrogen-bond donors (Lipinski definition) is 0. The van der Waals surface area contributed by atoms with Gasteiger partial charge in [0.15, 0.2) is 6.17 Å². The van der Waals surface area contributed by atoms with E-state index in [9.17, 15) is 13.2 Å². The van der Waals surface area contributed by atoms with Crippen LogP contribution < -0.4 is 0 Å². The van der Waals surface area contributed by atoms with Gasteiger partial charge in [0.1, 0.15) is 0 Å². The minimum absolute atomic E-state index is 0.304. The van der Waals surface area contributed by atoms with E-state index in [0.29, 0.717) is 0 Å². The third-order valence-corrected chi connectivity index (χ3v) is 0.761. The molecule has 0 spiro atoms. The maximum Gasteiger partial charge on any atom is 0.269 e. The summed E-state index contributed by atoms with van der Waals surface area (Å²) in [7, 11) is 0. The lowest BCUT2D eigenvalue weighted by atomic mass is 10.3. The minimum atomic E-state index is -2.89. The second-order valence-corrected chi connectivity index (χ2v) is 1.49. The molecule has 0 aliphatic rings. The first-order valence-corrected chi connectivity index (χ1v) is 2.45. The zero-order valence-electron chi connectivity index (χ0n) is 4.78. The average molecular weight is 136 g/mol. The first kappa shape index (κ1) is 8.31. The summed E-state index contributed by atoms with van der Waals surface area (Å²) in [5, 5.41) is 0. The number of halogens is 3. The molecule has 0 saturated heterocycles. The van der Waals surface area contributed by atoms with Gasteiger partial charge in [-0.05, 0) is 6.08 Å². The van der Waals surface area contributed by atoms with Crippen LogP contribution in [0.25, 0.3) is 0 Å². The van der Waals surface area contributed by atoms with Crippen LogP contribution in [0.1, 0.15) is 6.42 Å². The van der Waals surface area contributed by atoms with E-state index in [1.165, 1.54) is 0 Å². The molecule has 0 aliphatic heterocycles. The van der Waals surface area contributed by atoms with Crippen molar-refractivity contribution < 1.29 is 13.2 Å². The van der Waals surface area contributed by atoms with Crippen LogP contribution in [0.3, 0.4) is 0 Å². The summed E-state index contributed by atoms with van der Waals surface area (Å²) in [5.41, 5.74) is 2.21. The molecule has 1 atom stereocenters. The summed E-state index contributed by atoms with van der Waals surface area (Å²) in [5.74, 6) is 0. The highest BCUT2D eigenvalue weighted by Crippen LogP contribution is 2.08. The molecule has 0 N–H and O–H groups in total. The van der Waals surface area contributed by atoms with E-state index in [1.54, 1.807) is 0 Å². The Morgan fingerprint density at radius 1 is 1.44 bits per heavy atom. The predicted molar refractivity (Wildman–Crippen MR) is 29.2 cm³/mol. The summed E-state index contributed by atoms with van der Waals surface area (Å²) in [4.78, 5) is 0. The van der Waals surface area contributed by atoms with Gasteiger partial charge >= 0.3 is 0 Å². The Bertz CT molecular complexity index is 113. The summed E-state index contributed by atoms with van der Waals surface area (Å²) >= 11 is 0. The van der Waals surface area contributed by atoms with Crippen molar-refractivity contribution in [3.05, 3.63) is 18.4 Å². The van der Waals surface area contributed by atoms with Crippen molar-refractivity contribution in [3.63, 3.8) is 0 Å². The molecule has 1 unspecified atom stereocenters. The van der Waals surface area contributed by atoms with E-state index in [0.717, 1.165) is 6.08 Å². The maximum absolute atomic E-state index is 11.9. The first-order valence-electron chi connectivity index (χ1n) is 2.45. The number of hydrogen-bond acceptors (Lipinski definition) is 0. The highest BCUT2D eigenvalue weighted by Gasteiger charge is 2.16. The molecule has 0 heterocycles. The van der Waals surface area contributed by atoms with Crippen LogP contribution in [-0.2, 0) is 0 Å². The molecule has 0 aromatic heterocycles. The van der Waals surface area contributed by atoms with E-state index < -0.39 is 12.6 Å². The van der Waals surface area contributed by atoms with Gasteiger partial charge in [0, 0.05) is 6.42 Å². The highest BCUT2D eigenvalue weighted by atomic mass is 19.3. The maximum atomic E-state index is 11.9. The third kappa shape index (κ3) is 3.86. The van der Waals surface area contributed by atoms with Crippen molar-refractivity contribution in [1.29, 1.82) is 0 Å². The molecule has 0 amide bonds. The van der Waals surface area contributed by atoms with Crippen LogP contribution in [0.5, 0.6) is 0 Å². The largest absolute Gasteiger partial charge is 0.269 e. The lowest BCUT2D eigenvalue weighted by Gasteiger charge is -1.99.